The molecule has 23 heavy (non-hydrogen) atoms. The maximum absolute atomic E-state index is 9.29. The Labute approximate surface area is 140 Å². The van der Waals surface area contributed by atoms with Gasteiger partial charge in [-0.2, -0.15) is 0 Å². The maximum atomic E-state index is 9.29. The van der Waals surface area contributed by atoms with Gasteiger partial charge in [0.2, 0.25) is 0 Å². The molecule has 0 unspecified atom stereocenters. The van der Waals surface area contributed by atoms with Gasteiger partial charge >= 0.3 is 0 Å². The van der Waals surface area contributed by atoms with Crippen LogP contribution in [0.1, 0.15) is 5.69 Å². The zero-order chi connectivity index (χ0) is 15.9. The summed E-state index contributed by atoms with van der Waals surface area (Å²) in [6, 6.07) is 6.02. The van der Waals surface area contributed by atoms with Crippen LogP contribution in [-0.4, -0.2) is 72.6 Å². The highest BCUT2D eigenvalue weighted by Crippen LogP contribution is 2.25. The lowest BCUT2D eigenvalue weighted by Crippen LogP contribution is -2.41. The molecule has 0 bridgehead atoms. The summed E-state index contributed by atoms with van der Waals surface area (Å²) in [5.41, 5.74) is 0.906. The molecule has 0 radical (unpaired) electrons. The molecule has 3 rings (SSSR count). The van der Waals surface area contributed by atoms with Crippen LogP contribution in [0.4, 0.5) is 0 Å². The molecule has 6 nitrogen and oxygen atoms in total. The molecule has 0 amide bonds. The molecule has 0 aromatic carbocycles. The van der Waals surface area contributed by atoms with Gasteiger partial charge in [-0.3, -0.25) is 9.80 Å². The monoisotopic (exact) mass is 337 g/mol. The van der Waals surface area contributed by atoms with E-state index in [2.05, 4.69) is 15.0 Å². The zero-order valence-electron chi connectivity index (χ0n) is 13.2. The van der Waals surface area contributed by atoms with Crippen LogP contribution in [0.5, 0.6) is 0 Å². The van der Waals surface area contributed by atoms with Crippen LogP contribution >= 0.6 is 11.3 Å². The number of hydrogen-bond donors (Lipinski definition) is 1. The van der Waals surface area contributed by atoms with Crippen LogP contribution in [0.2, 0.25) is 0 Å². The van der Waals surface area contributed by atoms with Gasteiger partial charge in [-0.25, -0.2) is 0 Å². The Morgan fingerprint density at radius 1 is 1.30 bits per heavy atom. The number of rotatable bonds is 8. The van der Waals surface area contributed by atoms with Crippen molar-refractivity contribution in [2.75, 3.05) is 52.5 Å². The van der Waals surface area contributed by atoms with Crippen LogP contribution in [0.25, 0.3) is 10.6 Å². The molecule has 0 aliphatic carbocycles. The Morgan fingerprint density at radius 2 is 2.17 bits per heavy atom. The molecule has 3 heterocycles. The molecule has 1 aliphatic heterocycles. The molecular formula is C16H23N3O3S. The van der Waals surface area contributed by atoms with E-state index in [1.165, 1.54) is 0 Å². The molecule has 0 spiro atoms. The van der Waals surface area contributed by atoms with Gasteiger partial charge in [-0.15, -0.1) is 11.3 Å². The number of morpholine rings is 1. The third-order valence-electron chi connectivity index (χ3n) is 3.96. The number of aliphatic hydroxyl groups is 1. The number of ether oxygens (including phenoxy) is 1. The average molecular weight is 337 g/mol. The average Bonchev–Trinajstić information content (AvgIpc) is 3.25. The minimum Gasteiger partial charge on any atom is -0.395 e. The number of aromatic nitrogens is 1. The minimum absolute atomic E-state index is 0.152. The SMILES string of the molecule is OCCN(CCN1CCOCC1)Cc1cc(-c2cccs2)on1. The van der Waals surface area contributed by atoms with Gasteiger partial charge in [0.25, 0.3) is 0 Å². The van der Waals surface area contributed by atoms with Gasteiger partial charge < -0.3 is 14.4 Å². The highest BCUT2D eigenvalue weighted by atomic mass is 32.1. The van der Waals surface area contributed by atoms with Crippen LogP contribution in [0.15, 0.2) is 28.1 Å². The van der Waals surface area contributed by atoms with E-state index in [0.717, 1.165) is 55.7 Å². The lowest BCUT2D eigenvalue weighted by Gasteiger charge is -2.29. The van der Waals surface area contributed by atoms with Crippen molar-refractivity contribution in [3.8, 4) is 10.6 Å². The molecule has 126 valence electrons. The number of aliphatic hydroxyl groups excluding tert-OH is 1. The molecule has 7 heteroatoms. The first kappa shape index (κ1) is 16.6. The Kier molecular flexibility index (Phi) is 6.18. The molecule has 1 N–H and O–H groups in total. The molecular weight excluding hydrogens is 314 g/mol. The van der Waals surface area contributed by atoms with Crippen molar-refractivity contribution >= 4 is 11.3 Å². The van der Waals surface area contributed by atoms with Gasteiger partial charge in [-0.1, -0.05) is 11.2 Å². The molecule has 1 fully saturated rings. The molecule has 1 aliphatic rings. The first-order valence-corrected chi connectivity index (χ1v) is 8.86. The summed E-state index contributed by atoms with van der Waals surface area (Å²) in [5, 5.41) is 15.5. The highest BCUT2D eigenvalue weighted by molar-refractivity contribution is 7.13. The van der Waals surface area contributed by atoms with Crippen LogP contribution in [0.3, 0.4) is 0 Å². The number of thiophene rings is 1. The van der Waals surface area contributed by atoms with Crippen molar-refractivity contribution in [3.05, 3.63) is 29.3 Å². The zero-order valence-corrected chi connectivity index (χ0v) is 14.0. The molecule has 0 saturated carbocycles. The second kappa shape index (κ2) is 8.56. The quantitative estimate of drug-likeness (QED) is 0.788. The Morgan fingerprint density at radius 3 is 2.91 bits per heavy atom. The molecule has 2 aromatic rings. The van der Waals surface area contributed by atoms with E-state index in [4.69, 9.17) is 9.26 Å². The third-order valence-corrected chi connectivity index (χ3v) is 4.85. The van der Waals surface area contributed by atoms with Crippen molar-refractivity contribution < 1.29 is 14.4 Å². The molecule has 2 aromatic heterocycles. The fourth-order valence-electron chi connectivity index (χ4n) is 2.67. The van der Waals surface area contributed by atoms with Crippen molar-refractivity contribution in [2.45, 2.75) is 6.54 Å². The van der Waals surface area contributed by atoms with Gasteiger partial charge in [0, 0.05) is 45.3 Å². The summed E-state index contributed by atoms with van der Waals surface area (Å²) in [6.07, 6.45) is 0. The molecule has 0 atom stereocenters. The smallest absolute Gasteiger partial charge is 0.177 e. The van der Waals surface area contributed by atoms with E-state index in [9.17, 15) is 5.11 Å². The van der Waals surface area contributed by atoms with Gasteiger partial charge in [-0.05, 0) is 11.4 Å². The summed E-state index contributed by atoms with van der Waals surface area (Å²) in [4.78, 5) is 5.70. The summed E-state index contributed by atoms with van der Waals surface area (Å²) in [5.74, 6) is 0.812. The predicted octanol–water partition coefficient (Wildman–Crippen LogP) is 1.53. The van der Waals surface area contributed by atoms with Crippen molar-refractivity contribution in [1.29, 1.82) is 0 Å². The topological polar surface area (TPSA) is 62.0 Å². The van der Waals surface area contributed by atoms with Crippen LogP contribution < -0.4 is 0 Å². The van der Waals surface area contributed by atoms with E-state index in [1.807, 2.05) is 23.6 Å². The lowest BCUT2D eigenvalue weighted by molar-refractivity contribution is 0.0319. The third kappa shape index (κ3) is 4.86. The Balaban J connectivity index is 1.54. The summed E-state index contributed by atoms with van der Waals surface area (Å²) in [6.45, 7) is 6.98. The highest BCUT2D eigenvalue weighted by Gasteiger charge is 2.15. The van der Waals surface area contributed by atoms with Crippen molar-refractivity contribution in [2.24, 2.45) is 0 Å². The van der Waals surface area contributed by atoms with Gasteiger partial charge in [0.1, 0.15) is 0 Å². The number of hydrogen-bond acceptors (Lipinski definition) is 7. The standard InChI is InChI=1S/C16H23N3O3S/c20-8-5-19(4-3-18-6-9-21-10-7-18)13-14-12-15(22-17-14)16-2-1-11-23-16/h1-2,11-12,20H,3-10,13H2. The Hall–Kier alpha value is -1.25. The van der Waals surface area contributed by atoms with E-state index in [-0.39, 0.29) is 6.61 Å². The first-order chi connectivity index (χ1) is 11.3. The first-order valence-electron chi connectivity index (χ1n) is 7.98. The summed E-state index contributed by atoms with van der Waals surface area (Å²) < 4.78 is 10.8. The second-order valence-electron chi connectivity index (χ2n) is 5.61. The fraction of sp³-hybridized carbons (Fsp3) is 0.562. The second-order valence-corrected chi connectivity index (χ2v) is 6.56. The van der Waals surface area contributed by atoms with Crippen molar-refractivity contribution in [3.63, 3.8) is 0 Å². The van der Waals surface area contributed by atoms with E-state index in [1.54, 1.807) is 11.3 Å². The predicted molar refractivity (Wildman–Crippen MR) is 89.4 cm³/mol. The van der Waals surface area contributed by atoms with Gasteiger partial charge in [0.15, 0.2) is 5.76 Å². The van der Waals surface area contributed by atoms with Gasteiger partial charge in [0.05, 0.1) is 30.4 Å². The van der Waals surface area contributed by atoms with E-state index < -0.39 is 0 Å². The van der Waals surface area contributed by atoms with E-state index >= 15 is 0 Å². The Bertz CT molecular complexity index is 567. The largest absolute Gasteiger partial charge is 0.395 e. The normalized spacial score (nSPS) is 16.3. The van der Waals surface area contributed by atoms with Crippen LogP contribution in [0, 0.1) is 0 Å². The molecule has 1 saturated heterocycles. The maximum Gasteiger partial charge on any atom is 0.177 e. The van der Waals surface area contributed by atoms with E-state index in [0.29, 0.717) is 13.1 Å². The fourth-order valence-corrected chi connectivity index (χ4v) is 3.34. The van der Waals surface area contributed by atoms with Crippen molar-refractivity contribution in [1.82, 2.24) is 15.0 Å². The lowest BCUT2D eigenvalue weighted by atomic mass is 10.3. The number of nitrogens with zero attached hydrogens (tertiary/aromatic N) is 3. The minimum atomic E-state index is 0.152. The van der Waals surface area contributed by atoms with Crippen LogP contribution in [-0.2, 0) is 11.3 Å². The summed E-state index contributed by atoms with van der Waals surface area (Å²) in [7, 11) is 0. The summed E-state index contributed by atoms with van der Waals surface area (Å²) >= 11 is 1.64.